The molecule has 0 aliphatic rings. The molecule has 0 amide bonds. The summed E-state index contributed by atoms with van der Waals surface area (Å²) in [6.07, 6.45) is 0.970. The third-order valence-electron chi connectivity index (χ3n) is 3.53. The predicted octanol–water partition coefficient (Wildman–Crippen LogP) is 4.61. The zero-order chi connectivity index (χ0) is 15.7. The van der Waals surface area contributed by atoms with E-state index in [-0.39, 0.29) is 0 Å². The first-order valence-electron chi connectivity index (χ1n) is 7.87. The summed E-state index contributed by atoms with van der Waals surface area (Å²) in [6.45, 7) is 0. The van der Waals surface area contributed by atoms with Crippen LogP contribution in [0, 0.1) is 0 Å². The van der Waals surface area contributed by atoms with Gasteiger partial charge in [0.05, 0.1) is 0 Å². The minimum atomic E-state index is -1.86. The first-order chi connectivity index (χ1) is 11.4. The molecule has 0 aliphatic carbocycles. The summed E-state index contributed by atoms with van der Waals surface area (Å²) in [4.78, 5) is 0. The highest BCUT2D eigenvalue weighted by molar-refractivity contribution is 6.46. The molecule has 3 rings (SSSR count). The molecule has 0 aliphatic heterocycles. The maximum atomic E-state index is 6.16. The lowest BCUT2D eigenvalue weighted by Crippen LogP contribution is -2.30. The number of para-hydroxylation sites is 2. The van der Waals surface area contributed by atoms with Crippen molar-refractivity contribution in [1.29, 1.82) is 0 Å². The van der Waals surface area contributed by atoms with Crippen molar-refractivity contribution in [2.45, 2.75) is 12.5 Å². The lowest BCUT2D eigenvalue weighted by Gasteiger charge is -2.19. The van der Waals surface area contributed by atoms with Crippen molar-refractivity contribution in [3.8, 4) is 11.5 Å². The molecule has 0 saturated carbocycles. The van der Waals surface area contributed by atoms with Crippen LogP contribution in [0.2, 0.25) is 6.04 Å². The van der Waals surface area contributed by atoms with E-state index in [9.17, 15) is 0 Å². The van der Waals surface area contributed by atoms with Gasteiger partial charge in [-0.05, 0) is 36.2 Å². The quantitative estimate of drug-likeness (QED) is 0.592. The molecule has 116 valence electrons. The molecule has 0 radical (unpaired) electrons. The number of hydrogen-bond donors (Lipinski definition) is 0. The Balaban J connectivity index is 1.67. The summed E-state index contributed by atoms with van der Waals surface area (Å²) >= 11 is 0. The molecule has 3 aromatic carbocycles. The van der Waals surface area contributed by atoms with Gasteiger partial charge in [-0.2, -0.15) is 0 Å². The fourth-order valence-corrected chi connectivity index (χ4v) is 4.15. The first kappa shape index (κ1) is 15.4. The second-order valence-electron chi connectivity index (χ2n) is 5.32. The number of rotatable bonds is 7. The van der Waals surface area contributed by atoms with E-state index in [2.05, 4.69) is 24.3 Å². The lowest BCUT2D eigenvalue weighted by atomic mass is 10.2. The normalized spacial score (nSPS) is 10.5. The van der Waals surface area contributed by atoms with E-state index < -0.39 is 9.28 Å². The average Bonchev–Trinajstić information content (AvgIpc) is 2.62. The highest BCUT2D eigenvalue weighted by Gasteiger charge is 2.17. The summed E-state index contributed by atoms with van der Waals surface area (Å²) in [5.41, 5.74) is 1.32. The third kappa shape index (κ3) is 5.00. The minimum Gasteiger partial charge on any atom is -0.514 e. The summed E-state index contributed by atoms with van der Waals surface area (Å²) in [5, 5.41) is 0. The molecule has 0 saturated heterocycles. The van der Waals surface area contributed by atoms with Crippen LogP contribution in [0.4, 0.5) is 0 Å². The number of hydrogen-bond acceptors (Lipinski definition) is 2. The third-order valence-corrected chi connectivity index (χ3v) is 5.36. The van der Waals surface area contributed by atoms with Crippen molar-refractivity contribution in [1.82, 2.24) is 0 Å². The molecular weight excluding hydrogens is 300 g/mol. The monoisotopic (exact) mass is 320 g/mol. The van der Waals surface area contributed by atoms with Crippen molar-refractivity contribution in [3.63, 3.8) is 0 Å². The van der Waals surface area contributed by atoms with Crippen LogP contribution in [0.15, 0.2) is 91.0 Å². The van der Waals surface area contributed by atoms with Crippen molar-refractivity contribution in [3.05, 3.63) is 96.6 Å². The molecule has 23 heavy (non-hydrogen) atoms. The van der Waals surface area contributed by atoms with Crippen molar-refractivity contribution in [2.24, 2.45) is 0 Å². The van der Waals surface area contributed by atoms with E-state index in [0.717, 1.165) is 24.0 Å². The zero-order valence-electron chi connectivity index (χ0n) is 13.0. The maximum Gasteiger partial charge on any atom is 0.444 e. The van der Waals surface area contributed by atoms with E-state index in [1.54, 1.807) is 0 Å². The summed E-state index contributed by atoms with van der Waals surface area (Å²) in [5.74, 6) is 1.77. The highest BCUT2D eigenvalue weighted by atomic mass is 28.3. The van der Waals surface area contributed by atoms with E-state index in [4.69, 9.17) is 8.85 Å². The molecule has 0 bridgehead atoms. The van der Waals surface area contributed by atoms with Gasteiger partial charge in [-0.15, -0.1) is 0 Å². The van der Waals surface area contributed by atoms with Crippen LogP contribution in [0.5, 0.6) is 11.5 Å². The molecule has 0 unspecified atom stereocenters. The topological polar surface area (TPSA) is 18.5 Å². The average molecular weight is 320 g/mol. The fourth-order valence-electron chi connectivity index (χ4n) is 2.37. The Morgan fingerprint density at radius 3 is 1.48 bits per heavy atom. The van der Waals surface area contributed by atoms with E-state index in [0.29, 0.717) is 0 Å². The smallest absolute Gasteiger partial charge is 0.444 e. The Kier molecular flexibility index (Phi) is 5.48. The molecule has 0 fully saturated rings. The van der Waals surface area contributed by atoms with Crippen LogP contribution in [0.25, 0.3) is 0 Å². The summed E-state index contributed by atoms with van der Waals surface area (Å²) < 4.78 is 12.3. The summed E-state index contributed by atoms with van der Waals surface area (Å²) in [6, 6.07) is 31.3. The van der Waals surface area contributed by atoms with Gasteiger partial charge in [0.25, 0.3) is 0 Å². The Bertz CT molecular complexity index is 645. The van der Waals surface area contributed by atoms with Gasteiger partial charge in [-0.3, -0.25) is 0 Å². The largest absolute Gasteiger partial charge is 0.514 e. The molecule has 0 spiro atoms. The van der Waals surface area contributed by atoms with Crippen LogP contribution in [0.3, 0.4) is 0 Å². The van der Waals surface area contributed by atoms with Crippen molar-refractivity contribution >= 4 is 9.28 Å². The number of aryl methyl sites for hydroxylation is 1. The highest BCUT2D eigenvalue weighted by Crippen LogP contribution is 2.17. The zero-order valence-corrected chi connectivity index (χ0v) is 14.1. The van der Waals surface area contributed by atoms with Crippen LogP contribution in [-0.2, 0) is 6.42 Å². The van der Waals surface area contributed by atoms with Gasteiger partial charge in [0.15, 0.2) is 0 Å². The van der Waals surface area contributed by atoms with E-state index >= 15 is 0 Å². The Labute approximate surface area is 139 Å². The Hall–Kier alpha value is -2.52. The Morgan fingerprint density at radius 2 is 1.00 bits per heavy atom. The molecule has 0 N–H and O–H groups in total. The molecule has 3 heteroatoms. The van der Waals surface area contributed by atoms with Crippen LogP contribution < -0.4 is 8.85 Å². The summed E-state index contributed by atoms with van der Waals surface area (Å²) in [7, 11) is -1.86. The molecule has 2 nitrogen and oxygen atoms in total. The second-order valence-corrected chi connectivity index (χ2v) is 7.22. The van der Waals surface area contributed by atoms with E-state index in [1.807, 2.05) is 66.7 Å². The maximum absolute atomic E-state index is 6.16. The van der Waals surface area contributed by atoms with Gasteiger partial charge in [0.2, 0.25) is 0 Å². The SMILES string of the molecule is c1ccc(CC[SiH](Oc2ccccc2)Oc2ccccc2)cc1. The van der Waals surface area contributed by atoms with Gasteiger partial charge >= 0.3 is 9.28 Å². The molecule has 0 heterocycles. The van der Waals surface area contributed by atoms with Crippen molar-refractivity contribution < 1.29 is 8.85 Å². The van der Waals surface area contributed by atoms with Crippen LogP contribution >= 0.6 is 0 Å². The van der Waals surface area contributed by atoms with Gasteiger partial charge in [-0.1, -0.05) is 66.7 Å². The first-order valence-corrected chi connectivity index (χ1v) is 9.63. The lowest BCUT2D eigenvalue weighted by molar-refractivity contribution is 0.420. The minimum absolute atomic E-state index is 0.883. The second kappa shape index (κ2) is 8.20. The van der Waals surface area contributed by atoms with Gasteiger partial charge in [0.1, 0.15) is 11.5 Å². The number of benzene rings is 3. The van der Waals surface area contributed by atoms with Gasteiger partial charge in [-0.25, -0.2) is 0 Å². The Morgan fingerprint density at radius 1 is 0.565 bits per heavy atom. The van der Waals surface area contributed by atoms with Gasteiger partial charge in [0, 0.05) is 6.04 Å². The van der Waals surface area contributed by atoms with Crippen LogP contribution in [0.1, 0.15) is 5.56 Å². The predicted molar refractivity (Wildman–Crippen MR) is 96.2 cm³/mol. The van der Waals surface area contributed by atoms with Crippen molar-refractivity contribution in [2.75, 3.05) is 0 Å². The molecular formula is C20H20O2Si. The van der Waals surface area contributed by atoms with Gasteiger partial charge < -0.3 is 8.85 Å². The molecule has 3 aromatic rings. The molecule has 0 atom stereocenters. The molecule has 0 aromatic heterocycles. The van der Waals surface area contributed by atoms with Crippen LogP contribution in [-0.4, -0.2) is 9.28 Å². The fraction of sp³-hybridized carbons (Fsp3) is 0.100. The standard InChI is InChI=1S/C20H20O2Si/c1-4-10-18(11-5-1)16-17-23(21-19-12-6-2-7-13-19)22-20-14-8-3-9-15-20/h1-15,23H,16-17H2. The van der Waals surface area contributed by atoms with E-state index in [1.165, 1.54) is 5.56 Å².